The van der Waals surface area contributed by atoms with Crippen molar-refractivity contribution in [3.05, 3.63) is 35.9 Å². The van der Waals surface area contributed by atoms with Gasteiger partial charge < -0.3 is 4.67 Å². The van der Waals surface area contributed by atoms with E-state index in [0.29, 0.717) is 25.1 Å². The second-order valence-corrected chi connectivity index (χ2v) is 8.11. The summed E-state index contributed by atoms with van der Waals surface area (Å²) in [5, 5.41) is 4.50. The molecule has 0 atom stereocenters. The zero-order valence-electron chi connectivity index (χ0n) is 12.0. The normalized spacial score (nSPS) is 17.9. The average molecular weight is 288 g/mol. The first kappa shape index (κ1) is 14.7. The van der Waals surface area contributed by atoms with Gasteiger partial charge in [-0.25, -0.2) is 0 Å². The van der Waals surface area contributed by atoms with Gasteiger partial charge in [0.05, 0.1) is 6.54 Å². The van der Waals surface area contributed by atoms with Gasteiger partial charge in [-0.05, 0) is 18.4 Å². The van der Waals surface area contributed by atoms with Crippen LogP contribution in [0.2, 0.25) is 13.1 Å². The van der Waals surface area contributed by atoms with Crippen LogP contribution in [0.3, 0.4) is 0 Å². The van der Waals surface area contributed by atoms with E-state index in [1.807, 2.05) is 22.9 Å². The highest BCUT2D eigenvalue weighted by molar-refractivity contribution is 6.66. The maximum Gasteiger partial charge on any atom is 0.244 e. The Hall–Kier alpha value is -1.75. The Bertz CT molecular complexity index is 526. The van der Waals surface area contributed by atoms with E-state index in [-0.39, 0.29) is 11.6 Å². The summed E-state index contributed by atoms with van der Waals surface area (Å²) >= 11 is 0. The van der Waals surface area contributed by atoms with Gasteiger partial charge in [0.25, 0.3) is 0 Å². The molecule has 5 heteroatoms. The van der Waals surface area contributed by atoms with E-state index in [4.69, 9.17) is 0 Å². The monoisotopic (exact) mass is 288 g/mol. The molecule has 0 N–H and O–H groups in total. The minimum atomic E-state index is -1.19. The third-order valence-electron chi connectivity index (χ3n) is 3.37. The van der Waals surface area contributed by atoms with Crippen LogP contribution in [0.25, 0.3) is 0 Å². The van der Waals surface area contributed by atoms with Crippen LogP contribution in [-0.2, 0) is 16.1 Å². The lowest BCUT2D eigenvalue weighted by molar-refractivity contribution is -0.133. The number of hydrazone groups is 1. The summed E-state index contributed by atoms with van der Waals surface area (Å²) in [6.45, 7) is 5.04. The maximum absolute atomic E-state index is 11.8. The van der Waals surface area contributed by atoms with E-state index < -0.39 is 8.96 Å². The van der Waals surface area contributed by atoms with Crippen molar-refractivity contribution in [1.29, 1.82) is 0 Å². The molecule has 1 aliphatic rings. The van der Waals surface area contributed by atoms with Crippen LogP contribution in [0.15, 0.2) is 35.4 Å². The smallest absolute Gasteiger partial charge is 0.244 e. The average Bonchev–Trinajstić information content (AvgIpc) is 2.44. The van der Waals surface area contributed by atoms with Gasteiger partial charge in [0, 0.05) is 6.42 Å². The first-order valence-electron chi connectivity index (χ1n) is 7.03. The summed E-state index contributed by atoms with van der Waals surface area (Å²) in [5.74, 6) is -0.677. The minimum absolute atomic E-state index is 0.292. The summed E-state index contributed by atoms with van der Waals surface area (Å²) in [6.07, 6.45) is 1.73. The van der Waals surface area contributed by atoms with Crippen LogP contribution in [0, 0.1) is 0 Å². The molecule has 1 aromatic rings. The molecule has 0 saturated heterocycles. The van der Waals surface area contributed by atoms with Gasteiger partial charge in [-0.2, -0.15) is 5.10 Å². The summed E-state index contributed by atoms with van der Waals surface area (Å²) in [4.78, 5) is 23.3. The van der Waals surface area contributed by atoms with Crippen molar-refractivity contribution in [1.82, 2.24) is 4.67 Å². The van der Waals surface area contributed by atoms with Crippen LogP contribution >= 0.6 is 0 Å². The Morgan fingerprint density at radius 1 is 1.15 bits per heavy atom. The van der Waals surface area contributed by atoms with Gasteiger partial charge in [0.15, 0.2) is 8.96 Å². The molecule has 1 aromatic carbocycles. The molecular formula is C15H20N2O2Si. The zero-order chi connectivity index (χ0) is 14.5. The lowest BCUT2D eigenvalue weighted by atomic mass is 9.96. The molecular weight excluding hydrogens is 268 g/mol. The van der Waals surface area contributed by atoms with E-state index in [0.717, 1.165) is 6.42 Å². The molecule has 0 aliphatic heterocycles. The fourth-order valence-electron chi connectivity index (χ4n) is 2.16. The van der Waals surface area contributed by atoms with Crippen molar-refractivity contribution in [2.75, 3.05) is 0 Å². The Morgan fingerprint density at radius 2 is 1.85 bits per heavy atom. The number of carbonyl (C=O) groups excluding carboxylic acids is 2. The van der Waals surface area contributed by atoms with Crippen molar-refractivity contribution in [3.63, 3.8) is 0 Å². The number of benzene rings is 1. The Morgan fingerprint density at radius 3 is 2.50 bits per heavy atom. The number of nitrogens with zero attached hydrogens (tertiary/aromatic N) is 2. The van der Waals surface area contributed by atoms with Gasteiger partial charge in [0.2, 0.25) is 11.6 Å². The van der Waals surface area contributed by atoms with Crippen LogP contribution in [0.4, 0.5) is 0 Å². The molecule has 4 nitrogen and oxygen atoms in total. The van der Waals surface area contributed by atoms with Crippen molar-refractivity contribution in [3.8, 4) is 0 Å². The highest BCUT2D eigenvalue weighted by Gasteiger charge is 2.26. The van der Waals surface area contributed by atoms with E-state index >= 15 is 0 Å². The van der Waals surface area contributed by atoms with Gasteiger partial charge in [0.1, 0.15) is 5.71 Å². The zero-order valence-corrected chi connectivity index (χ0v) is 13.2. The molecule has 1 aliphatic carbocycles. The van der Waals surface area contributed by atoms with E-state index in [2.05, 4.69) is 30.3 Å². The fourth-order valence-corrected chi connectivity index (χ4v) is 3.11. The predicted octanol–water partition coefficient (Wildman–Crippen LogP) is 2.15. The van der Waals surface area contributed by atoms with Crippen molar-refractivity contribution >= 4 is 26.2 Å². The van der Waals surface area contributed by atoms with Crippen molar-refractivity contribution < 1.29 is 9.59 Å². The molecule has 0 amide bonds. The maximum atomic E-state index is 11.8. The van der Waals surface area contributed by atoms with Crippen LogP contribution < -0.4 is 0 Å². The highest BCUT2D eigenvalue weighted by Crippen LogP contribution is 2.13. The van der Waals surface area contributed by atoms with E-state index in [1.54, 1.807) is 0 Å². The number of hydrogen-bond acceptors (Lipinski definition) is 4. The third kappa shape index (κ3) is 3.63. The molecule has 2 rings (SSSR count). The number of carbonyl (C=O) groups is 2. The SMILES string of the molecule is C[SiH](C)N(Cc1ccccc1)N=C1CCCC(=O)C1=O. The van der Waals surface area contributed by atoms with Crippen molar-refractivity contribution in [2.45, 2.75) is 38.9 Å². The predicted molar refractivity (Wildman–Crippen MR) is 82.2 cm³/mol. The van der Waals surface area contributed by atoms with Crippen LogP contribution in [-0.4, -0.2) is 30.9 Å². The second-order valence-electron chi connectivity index (χ2n) is 5.33. The fraction of sp³-hybridized carbons (Fsp3) is 0.400. The molecule has 20 heavy (non-hydrogen) atoms. The lowest BCUT2D eigenvalue weighted by Crippen LogP contribution is -2.35. The topological polar surface area (TPSA) is 49.7 Å². The highest BCUT2D eigenvalue weighted by atomic mass is 28.3. The first-order valence-corrected chi connectivity index (χ1v) is 9.86. The molecule has 0 aromatic heterocycles. The van der Waals surface area contributed by atoms with E-state index in [1.165, 1.54) is 5.56 Å². The van der Waals surface area contributed by atoms with Crippen molar-refractivity contribution in [2.24, 2.45) is 5.10 Å². The summed E-state index contributed by atoms with van der Waals surface area (Å²) in [7, 11) is -1.19. The molecule has 1 saturated carbocycles. The van der Waals surface area contributed by atoms with Crippen LogP contribution in [0.5, 0.6) is 0 Å². The lowest BCUT2D eigenvalue weighted by Gasteiger charge is -2.25. The standard InChI is InChI=1S/C15H20N2O2Si/c1-20(2)17(11-12-7-4-3-5-8-12)16-13-9-6-10-14(18)15(13)19/h3-5,7-8,20H,6,9-11H2,1-2H3. The number of ketones is 2. The Labute approximate surface area is 121 Å². The molecule has 1 fully saturated rings. The first-order chi connectivity index (χ1) is 9.58. The molecule has 0 radical (unpaired) electrons. The van der Waals surface area contributed by atoms with Gasteiger partial charge in [-0.1, -0.05) is 43.4 Å². The number of rotatable bonds is 4. The van der Waals surface area contributed by atoms with Gasteiger partial charge in [-0.3, -0.25) is 9.59 Å². The van der Waals surface area contributed by atoms with Gasteiger partial charge >= 0.3 is 0 Å². The molecule has 106 valence electrons. The molecule has 0 bridgehead atoms. The summed E-state index contributed by atoms with van der Waals surface area (Å²) < 4.78 is 2.02. The van der Waals surface area contributed by atoms with Crippen LogP contribution in [0.1, 0.15) is 24.8 Å². The minimum Gasteiger partial charge on any atom is -0.323 e. The third-order valence-corrected chi connectivity index (χ3v) is 4.86. The second kappa shape index (κ2) is 6.61. The Balaban J connectivity index is 2.17. The van der Waals surface area contributed by atoms with Gasteiger partial charge in [-0.15, -0.1) is 0 Å². The van der Waals surface area contributed by atoms with E-state index in [9.17, 15) is 9.59 Å². The molecule has 0 unspecified atom stereocenters. The number of Topliss-reactive ketones (excluding diaryl/α,β-unsaturated/α-hetero) is 2. The quantitative estimate of drug-likeness (QED) is 0.484. The Kier molecular flexibility index (Phi) is 4.84. The summed E-state index contributed by atoms with van der Waals surface area (Å²) in [6, 6.07) is 10.1. The molecule has 0 spiro atoms. The largest absolute Gasteiger partial charge is 0.323 e. The number of hydrogen-bond donors (Lipinski definition) is 0. The molecule has 0 heterocycles. The summed E-state index contributed by atoms with van der Waals surface area (Å²) in [5.41, 5.74) is 1.62.